The highest BCUT2D eigenvalue weighted by Gasteiger charge is 2.46. The van der Waals surface area contributed by atoms with E-state index < -0.39 is 23.5 Å². The van der Waals surface area contributed by atoms with Crippen molar-refractivity contribution in [1.82, 2.24) is 9.88 Å². The van der Waals surface area contributed by atoms with Crippen LogP contribution in [0.15, 0.2) is 59.4 Å². The number of methoxy groups -OCH3 is 2. The summed E-state index contributed by atoms with van der Waals surface area (Å²) in [7, 11) is 2.94. The Bertz CT molecular complexity index is 1290. The standard InChI is InChI=1S/C24H20N2O7S/c1-30-15-10-14(21(31-2)23-22(15)32-12-33-23)18-17(19(27)16-4-3-9-34-16)20(28)24(29)26(18)11-13-5-7-25-8-6-13/h3-10,18,28H,11-12H2,1-2H3/t18-/m1/s1. The van der Waals surface area contributed by atoms with Crippen molar-refractivity contribution >= 4 is 23.0 Å². The molecule has 2 aliphatic heterocycles. The Balaban J connectivity index is 1.71. The number of thiophene rings is 1. The van der Waals surface area contributed by atoms with Gasteiger partial charge in [0.25, 0.3) is 5.91 Å². The molecule has 34 heavy (non-hydrogen) atoms. The van der Waals surface area contributed by atoms with Crippen molar-refractivity contribution in [1.29, 1.82) is 0 Å². The Morgan fingerprint density at radius 1 is 1.21 bits per heavy atom. The van der Waals surface area contributed by atoms with E-state index in [-0.39, 0.29) is 24.7 Å². The first kappa shape index (κ1) is 21.8. The number of hydrogen-bond donors (Lipinski definition) is 1. The lowest BCUT2D eigenvalue weighted by molar-refractivity contribution is -0.130. The highest BCUT2D eigenvalue weighted by atomic mass is 32.1. The van der Waals surface area contributed by atoms with Crippen molar-refractivity contribution in [3.8, 4) is 23.0 Å². The zero-order valence-electron chi connectivity index (χ0n) is 18.3. The van der Waals surface area contributed by atoms with Crippen LogP contribution in [-0.2, 0) is 11.3 Å². The molecule has 10 heteroatoms. The fourth-order valence-electron chi connectivity index (χ4n) is 4.20. The summed E-state index contributed by atoms with van der Waals surface area (Å²) in [5.74, 6) is -0.390. The molecule has 1 N–H and O–H groups in total. The molecular weight excluding hydrogens is 460 g/mol. The van der Waals surface area contributed by atoms with Crippen molar-refractivity contribution < 1.29 is 33.6 Å². The summed E-state index contributed by atoms with van der Waals surface area (Å²) in [6.07, 6.45) is 3.22. The van der Waals surface area contributed by atoms with Gasteiger partial charge in [-0.05, 0) is 35.2 Å². The van der Waals surface area contributed by atoms with E-state index in [4.69, 9.17) is 18.9 Å². The van der Waals surface area contributed by atoms with Crippen molar-refractivity contribution in [2.24, 2.45) is 0 Å². The van der Waals surface area contributed by atoms with Crippen molar-refractivity contribution in [3.63, 3.8) is 0 Å². The molecule has 0 bridgehead atoms. The molecule has 0 spiro atoms. The molecule has 1 amide bonds. The fraction of sp³-hybridized carbons (Fsp3) is 0.208. The lowest BCUT2D eigenvalue weighted by Gasteiger charge is -2.28. The van der Waals surface area contributed by atoms with Gasteiger partial charge < -0.3 is 29.0 Å². The molecule has 1 atom stereocenters. The van der Waals surface area contributed by atoms with Gasteiger partial charge in [-0.1, -0.05) is 6.07 Å². The van der Waals surface area contributed by atoms with Crippen LogP contribution in [-0.4, -0.2) is 47.7 Å². The molecule has 5 rings (SSSR count). The summed E-state index contributed by atoms with van der Waals surface area (Å²) in [5.41, 5.74) is 1.16. The predicted molar refractivity (Wildman–Crippen MR) is 122 cm³/mol. The Labute approximate surface area is 198 Å². The van der Waals surface area contributed by atoms with Gasteiger partial charge in [0.1, 0.15) is 0 Å². The lowest BCUT2D eigenvalue weighted by atomic mass is 9.93. The number of ether oxygens (including phenoxy) is 4. The minimum Gasteiger partial charge on any atom is -0.503 e. The first-order chi connectivity index (χ1) is 16.5. The second kappa shape index (κ2) is 8.71. The van der Waals surface area contributed by atoms with Crippen LogP contribution in [0.3, 0.4) is 0 Å². The van der Waals surface area contributed by atoms with E-state index in [1.165, 1.54) is 30.5 Å². The summed E-state index contributed by atoms with van der Waals surface area (Å²) < 4.78 is 22.3. The highest BCUT2D eigenvalue weighted by Crippen LogP contribution is 2.54. The third-order valence-electron chi connectivity index (χ3n) is 5.71. The van der Waals surface area contributed by atoms with Gasteiger partial charge in [0.15, 0.2) is 17.3 Å². The van der Waals surface area contributed by atoms with E-state index in [1.54, 1.807) is 48.1 Å². The largest absolute Gasteiger partial charge is 0.503 e. The number of carbonyl (C=O) groups is 2. The van der Waals surface area contributed by atoms with Gasteiger partial charge >= 0.3 is 0 Å². The van der Waals surface area contributed by atoms with Crippen LogP contribution in [0.5, 0.6) is 23.0 Å². The second-order valence-electron chi connectivity index (χ2n) is 7.53. The SMILES string of the molecule is COc1cc([C@@H]2C(C(=O)c3cccs3)=C(O)C(=O)N2Cc2ccncc2)c(OC)c2c1OCO2. The Morgan fingerprint density at radius 2 is 1.97 bits per heavy atom. The Hall–Kier alpha value is -4.05. The number of aromatic nitrogens is 1. The quantitative estimate of drug-likeness (QED) is 0.511. The van der Waals surface area contributed by atoms with E-state index >= 15 is 0 Å². The normalized spacial score (nSPS) is 16.8. The molecule has 0 radical (unpaired) electrons. The molecular formula is C24H20N2O7S. The molecule has 0 saturated heterocycles. The maximum atomic E-state index is 13.5. The van der Waals surface area contributed by atoms with E-state index in [0.29, 0.717) is 27.7 Å². The maximum Gasteiger partial charge on any atom is 0.290 e. The van der Waals surface area contributed by atoms with Crippen LogP contribution >= 0.6 is 11.3 Å². The number of fused-ring (bicyclic) bond motifs is 1. The molecule has 0 saturated carbocycles. The molecule has 9 nitrogen and oxygen atoms in total. The number of pyridine rings is 1. The molecule has 2 aliphatic rings. The number of ketones is 1. The van der Waals surface area contributed by atoms with E-state index in [1.807, 2.05) is 0 Å². The first-order valence-electron chi connectivity index (χ1n) is 10.3. The number of aliphatic hydroxyl groups excluding tert-OH is 1. The van der Waals surface area contributed by atoms with Gasteiger partial charge in [0.2, 0.25) is 24.1 Å². The van der Waals surface area contributed by atoms with Crippen molar-refractivity contribution in [3.05, 3.63) is 75.4 Å². The second-order valence-corrected chi connectivity index (χ2v) is 8.47. The number of hydrogen-bond acceptors (Lipinski definition) is 9. The van der Waals surface area contributed by atoms with Gasteiger partial charge in [-0.2, -0.15) is 0 Å². The summed E-state index contributed by atoms with van der Waals surface area (Å²) in [6.45, 7) is 0.0924. The van der Waals surface area contributed by atoms with Crippen molar-refractivity contribution in [2.45, 2.75) is 12.6 Å². The summed E-state index contributed by atoms with van der Waals surface area (Å²) in [4.78, 5) is 32.6. The molecule has 0 aliphatic carbocycles. The molecule has 3 aromatic rings. The van der Waals surface area contributed by atoms with E-state index in [0.717, 1.165) is 5.56 Å². The van der Waals surface area contributed by atoms with Gasteiger partial charge in [-0.15, -0.1) is 11.3 Å². The average Bonchev–Trinajstić information content (AvgIpc) is 3.61. The monoisotopic (exact) mass is 480 g/mol. The van der Waals surface area contributed by atoms with Crippen LogP contribution < -0.4 is 18.9 Å². The highest BCUT2D eigenvalue weighted by molar-refractivity contribution is 7.12. The Morgan fingerprint density at radius 3 is 2.65 bits per heavy atom. The molecule has 0 unspecified atom stereocenters. The van der Waals surface area contributed by atoms with E-state index in [2.05, 4.69) is 4.98 Å². The molecule has 0 fully saturated rings. The van der Waals surface area contributed by atoms with Gasteiger partial charge in [0, 0.05) is 24.5 Å². The number of rotatable bonds is 7. The number of nitrogens with zero attached hydrogens (tertiary/aromatic N) is 2. The number of carbonyl (C=O) groups excluding carboxylic acids is 2. The van der Waals surface area contributed by atoms with Gasteiger partial charge in [-0.25, -0.2) is 0 Å². The third kappa shape index (κ3) is 3.43. The first-order valence-corrected chi connectivity index (χ1v) is 11.2. The molecule has 2 aromatic heterocycles. The summed E-state index contributed by atoms with van der Waals surface area (Å²) in [6, 6.07) is 7.59. The minimum atomic E-state index is -0.964. The third-order valence-corrected chi connectivity index (χ3v) is 6.57. The molecule has 174 valence electrons. The summed E-state index contributed by atoms with van der Waals surface area (Å²) >= 11 is 1.23. The average molecular weight is 480 g/mol. The molecule has 1 aromatic carbocycles. The zero-order chi connectivity index (χ0) is 23.8. The van der Waals surface area contributed by atoms with Crippen LogP contribution in [0.2, 0.25) is 0 Å². The number of Topliss-reactive ketones (excluding diaryl/α,β-unsaturated/α-hetero) is 1. The Kier molecular flexibility index (Phi) is 5.58. The van der Waals surface area contributed by atoms with Crippen LogP contribution in [0, 0.1) is 0 Å². The smallest absolute Gasteiger partial charge is 0.290 e. The zero-order valence-corrected chi connectivity index (χ0v) is 19.1. The maximum absolute atomic E-state index is 13.5. The lowest BCUT2D eigenvalue weighted by Crippen LogP contribution is -2.31. The molecule has 4 heterocycles. The van der Waals surface area contributed by atoms with Crippen molar-refractivity contribution in [2.75, 3.05) is 21.0 Å². The van der Waals surface area contributed by atoms with Crippen LogP contribution in [0.4, 0.5) is 0 Å². The number of amides is 1. The van der Waals surface area contributed by atoms with Gasteiger partial charge in [-0.3, -0.25) is 14.6 Å². The van der Waals surface area contributed by atoms with Crippen LogP contribution in [0.25, 0.3) is 0 Å². The van der Waals surface area contributed by atoms with Gasteiger partial charge in [0.05, 0.1) is 30.7 Å². The summed E-state index contributed by atoms with van der Waals surface area (Å²) in [5, 5.41) is 12.7. The predicted octanol–water partition coefficient (Wildman–Crippen LogP) is 3.67. The van der Waals surface area contributed by atoms with E-state index in [9.17, 15) is 14.7 Å². The minimum absolute atomic E-state index is 0.0299. The number of benzene rings is 1. The number of aliphatic hydroxyl groups is 1. The van der Waals surface area contributed by atoms with Crippen LogP contribution in [0.1, 0.15) is 26.8 Å². The fourth-order valence-corrected chi connectivity index (χ4v) is 4.87. The topological polar surface area (TPSA) is 107 Å².